The van der Waals surface area contributed by atoms with E-state index in [4.69, 9.17) is 22.1 Å². The van der Waals surface area contributed by atoms with Crippen molar-refractivity contribution in [3.63, 3.8) is 0 Å². The number of nitrogens with zero attached hydrogens (tertiary/aromatic N) is 3. The fourth-order valence-electron chi connectivity index (χ4n) is 5.26. The van der Waals surface area contributed by atoms with E-state index in [1.807, 2.05) is 19.9 Å². The highest BCUT2D eigenvalue weighted by molar-refractivity contribution is 7.91. The first-order valence-electron chi connectivity index (χ1n) is 14.0. The van der Waals surface area contributed by atoms with Gasteiger partial charge in [0.05, 0.1) is 40.4 Å². The SMILES string of the molecule is CCCS(=O)(=O)c1ccccc1Nc1nc(Nc2cc3c(cc2OC(C)C)CN([C@@H]2CN[C@H](C(N)=O)C2)C3=O)ncc1Cl. The number of rotatable bonds is 11. The van der Waals surface area contributed by atoms with Crippen LogP contribution in [-0.2, 0) is 21.2 Å². The number of primary amides is 1. The summed E-state index contributed by atoms with van der Waals surface area (Å²) in [6.07, 6.45) is 2.17. The molecule has 3 aromatic rings. The lowest BCUT2D eigenvalue weighted by Gasteiger charge is -2.22. The largest absolute Gasteiger partial charge is 0.489 e. The summed E-state index contributed by atoms with van der Waals surface area (Å²) in [6, 6.07) is 9.46. The van der Waals surface area contributed by atoms with Crippen molar-refractivity contribution in [1.82, 2.24) is 20.2 Å². The minimum atomic E-state index is -3.52. The van der Waals surface area contributed by atoms with Gasteiger partial charge in [0.2, 0.25) is 11.9 Å². The minimum Gasteiger partial charge on any atom is -0.489 e. The van der Waals surface area contributed by atoms with E-state index in [0.717, 1.165) is 5.56 Å². The molecule has 0 spiro atoms. The van der Waals surface area contributed by atoms with Gasteiger partial charge in [0, 0.05) is 24.7 Å². The summed E-state index contributed by atoms with van der Waals surface area (Å²) in [5.41, 5.74) is 7.58. The van der Waals surface area contributed by atoms with E-state index < -0.39 is 21.8 Å². The normalized spacial score (nSPS) is 18.2. The molecular formula is C29H34ClN7O5S. The summed E-state index contributed by atoms with van der Waals surface area (Å²) in [5, 5.41) is 9.46. The van der Waals surface area contributed by atoms with Crippen molar-refractivity contribution in [2.24, 2.45) is 5.73 Å². The third-order valence-electron chi connectivity index (χ3n) is 7.23. The number of nitrogens with one attached hydrogen (secondary N) is 3. The standard InChI is InChI=1S/C29H34ClN7O5S/c1-4-9-43(40,41)25-8-6-5-7-21(25)34-27-20(30)14-33-29(36-27)35-22-12-19-17(10-24(22)42-16(2)3)15-37(28(19)39)18-11-23(26(31)38)32-13-18/h5-8,10,12,14,16,18,23,32H,4,9,11,13,15H2,1-3H3,(H2,31,38)(H2,33,34,35,36)/t18-,23-/m0/s1. The van der Waals surface area contributed by atoms with Crippen LogP contribution < -0.4 is 26.4 Å². The summed E-state index contributed by atoms with van der Waals surface area (Å²) in [5.74, 6) is 0.272. The molecule has 0 saturated carbocycles. The van der Waals surface area contributed by atoms with Crippen LogP contribution in [-0.4, -0.2) is 65.6 Å². The summed E-state index contributed by atoms with van der Waals surface area (Å²) < 4.78 is 31.8. The van der Waals surface area contributed by atoms with Crippen LogP contribution in [0.5, 0.6) is 5.75 Å². The van der Waals surface area contributed by atoms with E-state index in [1.54, 1.807) is 36.1 Å². The number of carbonyl (C=O) groups is 2. The minimum absolute atomic E-state index is 0.00605. The Balaban J connectivity index is 1.43. The molecule has 2 atom stereocenters. The van der Waals surface area contributed by atoms with E-state index in [0.29, 0.717) is 48.6 Å². The molecule has 43 heavy (non-hydrogen) atoms. The average Bonchev–Trinajstić information content (AvgIpc) is 3.56. The monoisotopic (exact) mass is 627 g/mol. The number of carbonyl (C=O) groups excluding carboxylic acids is 2. The fraction of sp³-hybridized carbons (Fsp3) is 0.379. The Morgan fingerprint density at radius 3 is 2.70 bits per heavy atom. The Morgan fingerprint density at radius 1 is 1.23 bits per heavy atom. The molecule has 5 N–H and O–H groups in total. The van der Waals surface area contributed by atoms with Gasteiger partial charge in [-0.25, -0.2) is 13.4 Å². The van der Waals surface area contributed by atoms with E-state index >= 15 is 0 Å². The van der Waals surface area contributed by atoms with Crippen molar-refractivity contribution >= 4 is 56.4 Å². The predicted octanol–water partition coefficient (Wildman–Crippen LogP) is 3.76. The van der Waals surface area contributed by atoms with Crippen LogP contribution in [0.1, 0.15) is 49.5 Å². The second-order valence-corrected chi connectivity index (χ2v) is 13.3. The van der Waals surface area contributed by atoms with Crippen molar-refractivity contribution in [3.8, 4) is 5.75 Å². The van der Waals surface area contributed by atoms with Crippen molar-refractivity contribution in [3.05, 3.63) is 58.7 Å². The molecule has 2 amide bonds. The number of hydrogen-bond acceptors (Lipinski definition) is 10. The number of ether oxygens (including phenoxy) is 1. The van der Waals surface area contributed by atoms with Gasteiger partial charge in [-0.2, -0.15) is 4.98 Å². The number of sulfone groups is 1. The van der Waals surface area contributed by atoms with Crippen molar-refractivity contribution in [1.29, 1.82) is 0 Å². The highest BCUT2D eigenvalue weighted by atomic mass is 35.5. The number of halogens is 1. The Hall–Kier alpha value is -3.94. The van der Waals surface area contributed by atoms with Gasteiger partial charge in [0.25, 0.3) is 5.91 Å². The molecule has 5 rings (SSSR count). The third kappa shape index (κ3) is 6.53. The molecule has 0 bridgehead atoms. The van der Waals surface area contributed by atoms with Gasteiger partial charge in [-0.15, -0.1) is 0 Å². The molecule has 3 heterocycles. The van der Waals surface area contributed by atoms with Gasteiger partial charge in [0.15, 0.2) is 15.7 Å². The van der Waals surface area contributed by atoms with Crippen LogP contribution in [0, 0.1) is 0 Å². The number of amides is 2. The van der Waals surface area contributed by atoms with Gasteiger partial charge < -0.3 is 31.3 Å². The Morgan fingerprint density at radius 2 is 2.00 bits per heavy atom. The second-order valence-electron chi connectivity index (χ2n) is 10.8. The van der Waals surface area contributed by atoms with Crippen LogP contribution in [0.3, 0.4) is 0 Å². The first kappa shape index (κ1) is 30.5. The lowest BCUT2D eigenvalue weighted by Crippen LogP contribution is -2.36. The molecule has 2 aliphatic heterocycles. The molecule has 2 aliphatic rings. The number of para-hydroxylation sites is 1. The number of nitrogens with two attached hydrogens (primary N) is 1. The molecule has 0 radical (unpaired) electrons. The molecule has 0 unspecified atom stereocenters. The lowest BCUT2D eigenvalue weighted by molar-refractivity contribution is -0.119. The molecule has 1 saturated heterocycles. The zero-order valence-electron chi connectivity index (χ0n) is 24.1. The van der Waals surface area contributed by atoms with Crippen LogP contribution in [0.25, 0.3) is 0 Å². The average molecular weight is 628 g/mol. The number of hydrogen-bond donors (Lipinski definition) is 4. The van der Waals surface area contributed by atoms with Crippen molar-refractivity contribution in [2.75, 3.05) is 22.9 Å². The Kier molecular flexibility index (Phi) is 8.76. The topological polar surface area (TPSA) is 169 Å². The van der Waals surface area contributed by atoms with Crippen LogP contribution >= 0.6 is 11.6 Å². The summed E-state index contributed by atoms with van der Waals surface area (Å²) in [4.78, 5) is 35.8. The maximum Gasteiger partial charge on any atom is 0.254 e. The highest BCUT2D eigenvalue weighted by Gasteiger charge is 2.39. The molecule has 228 valence electrons. The van der Waals surface area contributed by atoms with Gasteiger partial charge >= 0.3 is 0 Å². The number of aromatic nitrogens is 2. The molecular weight excluding hydrogens is 594 g/mol. The summed E-state index contributed by atoms with van der Waals surface area (Å²) >= 11 is 6.41. The predicted molar refractivity (Wildman–Crippen MR) is 164 cm³/mol. The molecule has 1 fully saturated rings. The van der Waals surface area contributed by atoms with E-state index in [2.05, 4.69) is 25.9 Å². The molecule has 14 heteroatoms. The number of fused-ring (bicyclic) bond motifs is 1. The second kappa shape index (κ2) is 12.3. The fourth-order valence-corrected chi connectivity index (χ4v) is 6.90. The Labute approximate surface area is 255 Å². The van der Waals surface area contributed by atoms with Crippen molar-refractivity contribution < 1.29 is 22.7 Å². The van der Waals surface area contributed by atoms with Crippen LogP contribution in [0.4, 0.5) is 23.1 Å². The zero-order chi connectivity index (χ0) is 30.9. The maximum absolute atomic E-state index is 13.5. The van der Waals surface area contributed by atoms with Gasteiger partial charge in [-0.3, -0.25) is 9.59 Å². The lowest BCUT2D eigenvalue weighted by atomic mass is 10.1. The van der Waals surface area contributed by atoms with E-state index in [9.17, 15) is 18.0 Å². The number of benzene rings is 2. The maximum atomic E-state index is 13.5. The molecule has 2 aromatic carbocycles. The molecule has 0 aliphatic carbocycles. The third-order valence-corrected chi connectivity index (χ3v) is 9.48. The highest BCUT2D eigenvalue weighted by Crippen LogP contribution is 2.37. The van der Waals surface area contributed by atoms with Crippen LogP contribution in [0.15, 0.2) is 47.5 Å². The summed E-state index contributed by atoms with van der Waals surface area (Å²) in [7, 11) is -3.52. The van der Waals surface area contributed by atoms with E-state index in [1.165, 1.54) is 12.3 Å². The van der Waals surface area contributed by atoms with Crippen LogP contribution in [0.2, 0.25) is 5.02 Å². The Bertz CT molecular complexity index is 1670. The smallest absolute Gasteiger partial charge is 0.254 e. The van der Waals surface area contributed by atoms with Gasteiger partial charge in [-0.05, 0) is 56.5 Å². The van der Waals surface area contributed by atoms with Crippen molar-refractivity contribution in [2.45, 2.75) is 63.2 Å². The molecule has 1 aromatic heterocycles. The first-order valence-corrected chi connectivity index (χ1v) is 16.1. The zero-order valence-corrected chi connectivity index (χ0v) is 25.6. The number of anilines is 4. The first-order chi connectivity index (χ1) is 20.5. The van der Waals surface area contributed by atoms with Gasteiger partial charge in [-0.1, -0.05) is 30.7 Å². The van der Waals surface area contributed by atoms with Gasteiger partial charge in [0.1, 0.15) is 10.8 Å². The molecule has 12 nitrogen and oxygen atoms in total. The summed E-state index contributed by atoms with van der Waals surface area (Å²) in [6.45, 7) is 6.46. The van der Waals surface area contributed by atoms with E-state index in [-0.39, 0.29) is 45.5 Å². The quantitative estimate of drug-likeness (QED) is 0.246.